The van der Waals surface area contributed by atoms with E-state index in [0.717, 1.165) is 50.5 Å². The minimum Gasteiger partial charge on any atom is -0.344 e. The third kappa shape index (κ3) is 9.47. The van der Waals surface area contributed by atoms with Crippen LogP contribution in [-0.4, -0.2) is 80.4 Å². The summed E-state index contributed by atoms with van der Waals surface area (Å²) in [7, 11) is 0. The molecule has 3 aliphatic rings. The smallest absolute Gasteiger partial charge is 0.290 e. The van der Waals surface area contributed by atoms with E-state index in [1.54, 1.807) is 11.8 Å². The fourth-order valence-electron chi connectivity index (χ4n) is 8.23. The predicted octanol–water partition coefficient (Wildman–Crippen LogP) is 3.80. The Hall–Kier alpha value is -4.68. The Bertz CT molecular complexity index is 1620. The Morgan fingerprint density at radius 2 is 1.60 bits per heavy atom. The number of nitrogens with one attached hydrogen (secondary N) is 4. The number of carbonyl (C=O) groups is 6. The number of Topliss-reactive ketones (excluding diaryl/α,β-unsaturated/α-hetero) is 1. The van der Waals surface area contributed by atoms with E-state index in [2.05, 4.69) is 31.2 Å². The summed E-state index contributed by atoms with van der Waals surface area (Å²) in [6.45, 7) is 9.24. The predicted molar refractivity (Wildman–Crippen MR) is 198 cm³/mol. The van der Waals surface area contributed by atoms with Gasteiger partial charge in [0.15, 0.2) is 0 Å². The Morgan fingerprint density at radius 3 is 2.25 bits per heavy atom. The number of amides is 5. The first kappa shape index (κ1) is 39.5. The maximum Gasteiger partial charge on any atom is 0.290 e. The zero-order valence-electron chi connectivity index (χ0n) is 31.6. The standard InChI is InChI=1S/C40H55N7O6/c1-6-13-29(33(48)38(52)43-24(2)25-14-9-7-10-15-25)44-37(51)32-27-18-19-28(22-27)47(32)39(53)34(40(3,4)5)46-36(50)31(26-16-11-8-12-17-26)45-35(49)30-23-41-20-21-42-30/h7,9-10,14-15,20-21,23-24,26-29,31-32,34H,6,8,11-13,16-19,22H2,1-5H3,(H,43,52)(H,44,51)(H,45,49)(H,46,50). The second kappa shape index (κ2) is 17.4. The van der Waals surface area contributed by atoms with Crippen molar-refractivity contribution in [2.45, 2.75) is 135 Å². The van der Waals surface area contributed by atoms with Crippen LogP contribution in [0.2, 0.25) is 0 Å². The molecule has 3 fully saturated rings. The molecular formula is C40H55N7O6. The van der Waals surface area contributed by atoms with Crippen LogP contribution in [0.1, 0.15) is 121 Å². The van der Waals surface area contributed by atoms with Gasteiger partial charge >= 0.3 is 0 Å². The minimum atomic E-state index is -1.06. The van der Waals surface area contributed by atoms with E-state index < -0.39 is 65.0 Å². The molecule has 53 heavy (non-hydrogen) atoms. The molecule has 5 rings (SSSR count). The fraction of sp³-hybridized carbons (Fsp3) is 0.600. The van der Waals surface area contributed by atoms with E-state index in [9.17, 15) is 28.8 Å². The molecule has 7 unspecified atom stereocenters. The third-order valence-electron chi connectivity index (χ3n) is 11.1. The highest BCUT2D eigenvalue weighted by atomic mass is 16.2. The Balaban J connectivity index is 1.33. The normalized spacial score (nSPS) is 22.2. The van der Waals surface area contributed by atoms with Gasteiger partial charge in [0, 0.05) is 18.4 Å². The number of aromatic nitrogens is 2. The summed E-state index contributed by atoms with van der Waals surface area (Å²) in [6, 6.07) is 4.87. The molecule has 0 spiro atoms. The minimum absolute atomic E-state index is 0.0922. The molecule has 2 aromatic rings. The van der Waals surface area contributed by atoms with Crippen LogP contribution >= 0.6 is 0 Å². The number of ketones is 1. The summed E-state index contributed by atoms with van der Waals surface area (Å²) in [4.78, 5) is 92.5. The SMILES string of the molecule is CCCC(NC(=O)C1C2CCC(C2)N1C(=O)C(NC(=O)C(NC(=O)c1cnccn1)C1CCCCC1)C(C)(C)C)C(=O)C(=O)NC(C)c1ccccc1. The summed E-state index contributed by atoms with van der Waals surface area (Å²) >= 11 is 0. The van der Waals surface area contributed by atoms with Crippen LogP contribution in [0.4, 0.5) is 0 Å². The highest BCUT2D eigenvalue weighted by Crippen LogP contribution is 2.44. The molecule has 13 heteroatoms. The Labute approximate surface area is 312 Å². The van der Waals surface area contributed by atoms with Crippen molar-refractivity contribution in [2.24, 2.45) is 17.3 Å². The van der Waals surface area contributed by atoms with E-state index in [1.807, 2.05) is 58.0 Å². The van der Waals surface area contributed by atoms with Crippen molar-refractivity contribution in [3.05, 3.63) is 60.2 Å². The van der Waals surface area contributed by atoms with Gasteiger partial charge in [0.2, 0.25) is 23.5 Å². The van der Waals surface area contributed by atoms with Crippen LogP contribution in [-0.2, 0) is 24.0 Å². The maximum atomic E-state index is 14.7. The van der Waals surface area contributed by atoms with Gasteiger partial charge in [0.25, 0.3) is 11.8 Å². The van der Waals surface area contributed by atoms with Crippen LogP contribution in [0.25, 0.3) is 0 Å². The lowest BCUT2D eigenvalue weighted by Gasteiger charge is -2.41. The second-order valence-corrected chi connectivity index (χ2v) is 16.0. The molecule has 1 saturated heterocycles. The van der Waals surface area contributed by atoms with Gasteiger partial charge in [-0.2, -0.15) is 0 Å². The van der Waals surface area contributed by atoms with Crippen LogP contribution in [0.15, 0.2) is 48.9 Å². The molecule has 0 radical (unpaired) electrons. The first-order chi connectivity index (χ1) is 25.3. The van der Waals surface area contributed by atoms with Crippen molar-refractivity contribution in [1.82, 2.24) is 36.1 Å². The van der Waals surface area contributed by atoms with E-state index in [-0.39, 0.29) is 35.9 Å². The van der Waals surface area contributed by atoms with Gasteiger partial charge in [-0.25, -0.2) is 4.98 Å². The third-order valence-corrected chi connectivity index (χ3v) is 11.1. The number of fused-ring (bicyclic) bond motifs is 2. The average Bonchev–Trinajstić information content (AvgIpc) is 3.78. The average molecular weight is 730 g/mol. The number of piperidine rings is 1. The van der Waals surface area contributed by atoms with Gasteiger partial charge in [-0.1, -0.05) is 83.7 Å². The van der Waals surface area contributed by atoms with Gasteiger partial charge < -0.3 is 26.2 Å². The van der Waals surface area contributed by atoms with Crippen LogP contribution in [0.5, 0.6) is 0 Å². The molecule has 4 N–H and O–H groups in total. The summed E-state index contributed by atoms with van der Waals surface area (Å²) in [6.07, 6.45) is 11.6. The fourth-order valence-corrected chi connectivity index (χ4v) is 8.23. The van der Waals surface area contributed by atoms with Crippen molar-refractivity contribution < 1.29 is 28.8 Å². The van der Waals surface area contributed by atoms with Gasteiger partial charge in [-0.15, -0.1) is 0 Å². The Morgan fingerprint density at radius 1 is 0.887 bits per heavy atom. The lowest BCUT2D eigenvalue weighted by Crippen LogP contribution is -2.64. The van der Waals surface area contributed by atoms with Crippen molar-refractivity contribution in [3.63, 3.8) is 0 Å². The van der Waals surface area contributed by atoms with Gasteiger partial charge in [-0.05, 0) is 68.3 Å². The summed E-state index contributed by atoms with van der Waals surface area (Å²) in [5.74, 6) is -3.59. The molecule has 1 aromatic heterocycles. The second-order valence-electron chi connectivity index (χ2n) is 16.0. The molecule has 286 valence electrons. The number of rotatable bonds is 14. The highest BCUT2D eigenvalue weighted by molar-refractivity contribution is 6.38. The zero-order valence-corrected chi connectivity index (χ0v) is 31.6. The Kier molecular flexibility index (Phi) is 13.0. The molecule has 5 amide bonds. The summed E-state index contributed by atoms with van der Waals surface area (Å²) in [5, 5.41) is 11.5. The summed E-state index contributed by atoms with van der Waals surface area (Å²) < 4.78 is 0. The quantitative estimate of drug-likeness (QED) is 0.212. The van der Waals surface area contributed by atoms with Crippen molar-refractivity contribution in [1.29, 1.82) is 0 Å². The number of benzene rings is 1. The van der Waals surface area contributed by atoms with Crippen molar-refractivity contribution >= 4 is 35.3 Å². The number of hydrogen-bond acceptors (Lipinski definition) is 8. The molecule has 1 aliphatic heterocycles. The molecule has 2 aliphatic carbocycles. The van der Waals surface area contributed by atoms with Crippen LogP contribution < -0.4 is 21.3 Å². The van der Waals surface area contributed by atoms with Gasteiger partial charge in [0.05, 0.1) is 18.3 Å². The largest absolute Gasteiger partial charge is 0.344 e. The maximum absolute atomic E-state index is 14.7. The van der Waals surface area contributed by atoms with E-state index in [1.165, 1.54) is 18.6 Å². The molecule has 1 aromatic carbocycles. The molecule has 7 atom stereocenters. The number of hydrogen-bond donors (Lipinski definition) is 4. The highest BCUT2D eigenvalue weighted by Gasteiger charge is 2.54. The molecular weight excluding hydrogens is 674 g/mol. The first-order valence-electron chi connectivity index (χ1n) is 19.2. The monoisotopic (exact) mass is 729 g/mol. The van der Waals surface area contributed by atoms with Crippen molar-refractivity contribution in [3.8, 4) is 0 Å². The first-order valence-corrected chi connectivity index (χ1v) is 19.2. The lowest BCUT2D eigenvalue weighted by molar-refractivity contribution is -0.149. The van der Waals surface area contributed by atoms with Crippen LogP contribution in [0.3, 0.4) is 0 Å². The van der Waals surface area contributed by atoms with E-state index >= 15 is 0 Å². The lowest BCUT2D eigenvalue weighted by atomic mass is 9.81. The van der Waals surface area contributed by atoms with Gasteiger partial charge in [0.1, 0.15) is 23.8 Å². The molecule has 2 saturated carbocycles. The van der Waals surface area contributed by atoms with Gasteiger partial charge in [-0.3, -0.25) is 33.8 Å². The molecule has 2 heterocycles. The zero-order chi connectivity index (χ0) is 38.3. The number of nitrogens with zero attached hydrogens (tertiary/aromatic N) is 3. The topological polar surface area (TPSA) is 180 Å². The van der Waals surface area contributed by atoms with E-state index in [4.69, 9.17) is 0 Å². The number of carbonyl (C=O) groups excluding carboxylic acids is 6. The molecule has 2 bridgehead atoms. The van der Waals surface area contributed by atoms with Crippen molar-refractivity contribution in [2.75, 3.05) is 0 Å². The van der Waals surface area contributed by atoms with Crippen LogP contribution in [0, 0.1) is 17.3 Å². The summed E-state index contributed by atoms with van der Waals surface area (Å²) in [5.41, 5.74) is 0.185. The molecule has 13 nitrogen and oxygen atoms in total. The van der Waals surface area contributed by atoms with E-state index in [0.29, 0.717) is 12.8 Å². The number of likely N-dealkylation sites (tertiary alicyclic amines) is 1.